The third-order valence-corrected chi connectivity index (χ3v) is 6.11. The highest BCUT2D eigenvalue weighted by molar-refractivity contribution is 7.09. The lowest BCUT2D eigenvalue weighted by molar-refractivity contribution is -0.127. The largest absolute Gasteiger partial charge is 0.493 e. The van der Waals surface area contributed by atoms with E-state index in [1.165, 1.54) is 7.11 Å². The van der Waals surface area contributed by atoms with Gasteiger partial charge in [0.25, 0.3) is 5.91 Å². The lowest BCUT2D eigenvalue weighted by atomic mass is 9.99. The van der Waals surface area contributed by atoms with Gasteiger partial charge in [0.15, 0.2) is 11.5 Å². The van der Waals surface area contributed by atoms with Crippen LogP contribution in [0.5, 0.6) is 11.5 Å². The summed E-state index contributed by atoms with van der Waals surface area (Å²) in [5.74, 6) is 0.477. The van der Waals surface area contributed by atoms with Crippen molar-refractivity contribution in [2.24, 2.45) is 0 Å². The number of rotatable bonds is 8. The number of amides is 2. The molecular weight excluding hydrogens is 448 g/mol. The fourth-order valence-corrected chi connectivity index (χ4v) is 4.35. The van der Waals surface area contributed by atoms with Gasteiger partial charge in [-0.2, -0.15) is 0 Å². The zero-order chi connectivity index (χ0) is 24.9. The Labute approximate surface area is 205 Å². The molecule has 0 bridgehead atoms. The van der Waals surface area contributed by atoms with Crippen molar-refractivity contribution in [2.75, 3.05) is 14.2 Å². The van der Waals surface area contributed by atoms with Crippen molar-refractivity contribution < 1.29 is 19.1 Å². The molecule has 0 saturated heterocycles. The average molecular weight is 481 g/mol. The van der Waals surface area contributed by atoms with E-state index in [-0.39, 0.29) is 11.8 Å². The first kappa shape index (κ1) is 25.3. The van der Waals surface area contributed by atoms with E-state index in [2.05, 4.69) is 5.32 Å². The minimum absolute atomic E-state index is 0.235. The summed E-state index contributed by atoms with van der Waals surface area (Å²) in [5.41, 5.74) is 1.78. The Hall–Kier alpha value is -3.32. The van der Waals surface area contributed by atoms with Crippen molar-refractivity contribution in [3.8, 4) is 11.5 Å². The molecule has 2 aromatic carbocycles. The van der Waals surface area contributed by atoms with E-state index in [1.807, 2.05) is 69.5 Å². The molecule has 1 N–H and O–H groups in total. The molecule has 6 nitrogen and oxygen atoms in total. The maximum Gasteiger partial charge on any atom is 0.255 e. The number of hydrogen-bond acceptors (Lipinski definition) is 5. The molecule has 0 unspecified atom stereocenters. The summed E-state index contributed by atoms with van der Waals surface area (Å²) < 4.78 is 10.7. The number of benzene rings is 2. The van der Waals surface area contributed by atoms with Gasteiger partial charge in [0.2, 0.25) is 5.91 Å². The minimum atomic E-state index is -0.817. The molecule has 3 aromatic rings. The maximum atomic E-state index is 13.9. The predicted octanol–water partition coefficient (Wildman–Crippen LogP) is 5.37. The van der Waals surface area contributed by atoms with Gasteiger partial charge >= 0.3 is 0 Å². The Balaban J connectivity index is 2.11. The first-order valence-corrected chi connectivity index (χ1v) is 11.9. The van der Waals surface area contributed by atoms with Crippen LogP contribution in [0.3, 0.4) is 0 Å². The summed E-state index contributed by atoms with van der Waals surface area (Å²) in [6, 6.07) is 15.9. The van der Waals surface area contributed by atoms with Gasteiger partial charge < -0.3 is 19.7 Å². The topological polar surface area (TPSA) is 67.9 Å². The normalized spacial score (nSPS) is 12.1. The highest BCUT2D eigenvalue weighted by Gasteiger charge is 2.34. The van der Waals surface area contributed by atoms with Crippen LogP contribution < -0.4 is 14.8 Å². The highest BCUT2D eigenvalue weighted by atomic mass is 32.1. The van der Waals surface area contributed by atoms with Crippen molar-refractivity contribution in [3.63, 3.8) is 0 Å². The SMILES string of the molecule is COc1ccc(C(=O)N(Cc2cccs2)[C@H](C(=O)NC(C)(C)C)c2ccc(C)cc2)cc1OC. The number of aryl methyl sites for hydroxylation is 1. The number of nitrogens with one attached hydrogen (secondary N) is 1. The number of methoxy groups -OCH3 is 2. The molecule has 0 saturated carbocycles. The zero-order valence-corrected chi connectivity index (χ0v) is 21.4. The quantitative estimate of drug-likeness (QED) is 0.471. The number of carbonyl (C=O) groups is 2. The molecule has 0 fully saturated rings. The van der Waals surface area contributed by atoms with E-state index >= 15 is 0 Å². The first-order valence-electron chi connectivity index (χ1n) is 11.1. The fraction of sp³-hybridized carbons (Fsp3) is 0.333. The summed E-state index contributed by atoms with van der Waals surface area (Å²) in [6.07, 6.45) is 0. The number of nitrogens with zero attached hydrogens (tertiary/aromatic N) is 1. The minimum Gasteiger partial charge on any atom is -0.493 e. The van der Waals surface area contributed by atoms with Crippen molar-refractivity contribution in [3.05, 3.63) is 81.5 Å². The second-order valence-electron chi connectivity index (χ2n) is 9.13. The van der Waals surface area contributed by atoms with Crippen molar-refractivity contribution in [2.45, 2.75) is 45.8 Å². The Morgan fingerprint density at radius 2 is 1.68 bits per heavy atom. The van der Waals surface area contributed by atoms with Gasteiger partial charge in [-0.05, 0) is 62.9 Å². The van der Waals surface area contributed by atoms with E-state index in [4.69, 9.17) is 9.47 Å². The van der Waals surface area contributed by atoms with Crippen LogP contribution in [-0.4, -0.2) is 36.5 Å². The zero-order valence-electron chi connectivity index (χ0n) is 20.5. The van der Waals surface area contributed by atoms with Crippen molar-refractivity contribution in [1.29, 1.82) is 0 Å². The van der Waals surface area contributed by atoms with Crippen LogP contribution in [0.4, 0.5) is 0 Å². The summed E-state index contributed by atoms with van der Waals surface area (Å²) in [6.45, 7) is 8.07. The molecule has 0 spiro atoms. The van der Waals surface area contributed by atoms with Crippen LogP contribution in [0.25, 0.3) is 0 Å². The summed E-state index contributed by atoms with van der Waals surface area (Å²) in [7, 11) is 3.08. The monoisotopic (exact) mass is 480 g/mol. The number of ether oxygens (including phenoxy) is 2. The van der Waals surface area contributed by atoms with Crippen molar-refractivity contribution in [1.82, 2.24) is 10.2 Å². The lowest BCUT2D eigenvalue weighted by Crippen LogP contribution is -2.49. The Morgan fingerprint density at radius 1 is 1.00 bits per heavy atom. The van der Waals surface area contributed by atoms with Gasteiger partial charge in [0.1, 0.15) is 6.04 Å². The summed E-state index contributed by atoms with van der Waals surface area (Å²) in [5, 5.41) is 5.03. The van der Waals surface area contributed by atoms with Crippen LogP contribution in [0.1, 0.15) is 53.2 Å². The van der Waals surface area contributed by atoms with E-state index in [9.17, 15) is 9.59 Å². The van der Waals surface area contributed by atoms with Gasteiger partial charge in [-0.3, -0.25) is 9.59 Å². The second-order valence-corrected chi connectivity index (χ2v) is 10.2. The van der Waals surface area contributed by atoms with E-state index in [0.29, 0.717) is 23.6 Å². The van der Waals surface area contributed by atoms with Crippen LogP contribution >= 0.6 is 11.3 Å². The molecule has 1 aromatic heterocycles. The molecular formula is C27H32N2O4S. The van der Waals surface area contributed by atoms with Crippen LogP contribution in [0.2, 0.25) is 0 Å². The number of hydrogen-bond donors (Lipinski definition) is 1. The molecule has 0 radical (unpaired) electrons. The van der Waals surface area contributed by atoms with E-state index < -0.39 is 11.6 Å². The molecule has 0 aliphatic rings. The predicted molar refractivity (Wildman–Crippen MR) is 136 cm³/mol. The van der Waals surface area contributed by atoms with Crippen LogP contribution in [0.15, 0.2) is 60.0 Å². The highest BCUT2D eigenvalue weighted by Crippen LogP contribution is 2.32. The van der Waals surface area contributed by atoms with Gasteiger partial charge in [-0.25, -0.2) is 0 Å². The standard InChI is InChI=1S/C27H32N2O4S/c1-18-9-11-19(12-10-18)24(25(30)28-27(2,3)4)29(17-21-8-7-15-34-21)26(31)20-13-14-22(32-5)23(16-20)33-6/h7-16,24H,17H2,1-6H3,(H,28,30)/t24-/m0/s1. The number of thiophene rings is 1. The first-order chi connectivity index (χ1) is 16.1. The maximum absolute atomic E-state index is 13.9. The van der Waals surface area contributed by atoms with Crippen molar-refractivity contribution >= 4 is 23.2 Å². The molecule has 180 valence electrons. The van der Waals surface area contributed by atoms with E-state index in [0.717, 1.165) is 16.0 Å². The Morgan fingerprint density at radius 3 is 2.24 bits per heavy atom. The third-order valence-electron chi connectivity index (χ3n) is 5.25. The molecule has 1 heterocycles. The van der Waals surface area contributed by atoms with Gasteiger partial charge in [0.05, 0.1) is 20.8 Å². The number of carbonyl (C=O) groups excluding carboxylic acids is 2. The molecule has 1 atom stereocenters. The van der Waals surface area contributed by atoms with Gasteiger partial charge in [-0.1, -0.05) is 35.9 Å². The fourth-order valence-electron chi connectivity index (χ4n) is 3.65. The summed E-state index contributed by atoms with van der Waals surface area (Å²) in [4.78, 5) is 30.2. The smallest absolute Gasteiger partial charge is 0.255 e. The Kier molecular flexibility index (Phi) is 7.99. The molecule has 0 aliphatic heterocycles. The average Bonchev–Trinajstić information content (AvgIpc) is 3.31. The second kappa shape index (κ2) is 10.7. The third kappa shape index (κ3) is 6.17. The molecule has 3 rings (SSSR count). The molecule has 7 heteroatoms. The molecule has 0 aliphatic carbocycles. The van der Waals surface area contributed by atoms with Crippen LogP contribution in [-0.2, 0) is 11.3 Å². The van der Waals surface area contributed by atoms with Gasteiger partial charge in [0, 0.05) is 16.0 Å². The lowest BCUT2D eigenvalue weighted by Gasteiger charge is -2.33. The molecule has 2 amide bonds. The molecule has 34 heavy (non-hydrogen) atoms. The van der Waals surface area contributed by atoms with Gasteiger partial charge in [-0.15, -0.1) is 11.3 Å². The van der Waals surface area contributed by atoms with Crippen LogP contribution in [0, 0.1) is 6.92 Å². The summed E-state index contributed by atoms with van der Waals surface area (Å²) >= 11 is 1.55. The van der Waals surface area contributed by atoms with E-state index in [1.54, 1.807) is 41.5 Å². The Bertz CT molecular complexity index is 1120.